The standard InChI is InChI=1S/C22H21N7OS/c1-14-11-16(15(2)29(14)27-12-24-25-13-27)21-20(17-7-5-6-10-23-17)26-22(31)28(21)18-8-3-4-9-19(18)30/h3-13,20-21,30H,1-2H3,(H,26,31)/t20-,21-/m1/s1. The van der Waals surface area contributed by atoms with Crippen molar-refractivity contribution < 1.29 is 5.11 Å². The second-order valence-electron chi connectivity index (χ2n) is 7.47. The summed E-state index contributed by atoms with van der Waals surface area (Å²) < 4.78 is 3.89. The van der Waals surface area contributed by atoms with Crippen LogP contribution in [0.1, 0.15) is 34.7 Å². The maximum Gasteiger partial charge on any atom is 0.174 e. The summed E-state index contributed by atoms with van der Waals surface area (Å²) in [6.07, 6.45) is 5.11. The normalized spacial score (nSPS) is 18.4. The van der Waals surface area contributed by atoms with Crippen molar-refractivity contribution in [2.75, 3.05) is 4.90 Å². The number of phenols is 1. The first-order chi connectivity index (χ1) is 15.1. The third kappa shape index (κ3) is 3.14. The van der Waals surface area contributed by atoms with Crippen LogP contribution in [0.2, 0.25) is 0 Å². The van der Waals surface area contributed by atoms with Gasteiger partial charge < -0.3 is 15.3 Å². The van der Waals surface area contributed by atoms with Crippen LogP contribution in [-0.2, 0) is 0 Å². The fourth-order valence-electron chi connectivity index (χ4n) is 4.33. The van der Waals surface area contributed by atoms with E-state index in [1.807, 2.05) is 46.8 Å². The van der Waals surface area contributed by atoms with Gasteiger partial charge in [-0.15, -0.1) is 10.2 Å². The number of aryl methyl sites for hydroxylation is 1. The predicted octanol–water partition coefficient (Wildman–Crippen LogP) is 3.29. The Morgan fingerprint density at radius 3 is 2.48 bits per heavy atom. The van der Waals surface area contributed by atoms with E-state index < -0.39 is 0 Å². The molecule has 8 nitrogen and oxygen atoms in total. The lowest BCUT2D eigenvalue weighted by Gasteiger charge is -2.28. The molecule has 1 aliphatic rings. The van der Waals surface area contributed by atoms with Crippen LogP contribution in [0.5, 0.6) is 5.75 Å². The molecule has 4 aromatic rings. The smallest absolute Gasteiger partial charge is 0.174 e. The van der Waals surface area contributed by atoms with Gasteiger partial charge in [-0.05, 0) is 56.4 Å². The molecule has 1 aromatic carbocycles. The van der Waals surface area contributed by atoms with Gasteiger partial charge in [0.1, 0.15) is 18.4 Å². The maximum atomic E-state index is 10.6. The molecule has 1 aliphatic heterocycles. The SMILES string of the molecule is Cc1cc([C@@H]2[C@@H](c3ccccn3)NC(=S)N2c2ccccc2O)c(C)n1-n1cnnc1. The minimum absolute atomic E-state index is 0.172. The molecule has 1 fully saturated rings. The van der Waals surface area contributed by atoms with Crippen LogP contribution in [0.3, 0.4) is 0 Å². The number of thiocarbonyl (C=S) groups is 1. The molecule has 0 aliphatic carbocycles. The molecule has 1 saturated heterocycles. The number of pyridine rings is 1. The van der Waals surface area contributed by atoms with Crippen molar-refractivity contribution in [2.45, 2.75) is 25.9 Å². The predicted molar refractivity (Wildman–Crippen MR) is 121 cm³/mol. The van der Waals surface area contributed by atoms with Crippen molar-refractivity contribution in [2.24, 2.45) is 0 Å². The molecule has 2 N–H and O–H groups in total. The van der Waals surface area contributed by atoms with E-state index in [4.69, 9.17) is 12.2 Å². The third-order valence-corrected chi connectivity index (χ3v) is 5.94. The number of aromatic nitrogens is 5. The van der Waals surface area contributed by atoms with Gasteiger partial charge in [0.25, 0.3) is 0 Å². The number of benzene rings is 1. The topological polar surface area (TPSA) is 84.0 Å². The number of para-hydroxylation sites is 2. The van der Waals surface area contributed by atoms with Crippen molar-refractivity contribution in [3.63, 3.8) is 0 Å². The molecule has 2 atom stereocenters. The Labute approximate surface area is 184 Å². The van der Waals surface area contributed by atoms with Crippen LogP contribution >= 0.6 is 12.2 Å². The van der Waals surface area contributed by atoms with E-state index in [1.165, 1.54) is 0 Å². The Morgan fingerprint density at radius 2 is 1.77 bits per heavy atom. The Balaban J connectivity index is 1.70. The Hall–Kier alpha value is -3.72. The maximum absolute atomic E-state index is 10.6. The third-order valence-electron chi connectivity index (χ3n) is 5.63. The zero-order valence-corrected chi connectivity index (χ0v) is 17.9. The number of nitrogens with one attached hydrogen (secondary N) is 1. The summed E-state index contributed by atoms with van der Waals surface area (Å²) in [7, 11) is 0. The monoisotopic (exact) mass is 431 g/mol. The summed E-state index contributed by atoms with van der Waals surface area (Å²) >= 11 is 5.74. The van der Waals surface area contributed by atoms with E-state index in [9.17, 15) is 5.11 Å². The van der Waals surface area contributed by atoms with Crippen LogP contribution in [0.25, 0.3) is 0 Å². The highest BCUT2D eigenvalue weighted by Gasteiger charge is 2.43. The van der Waals surface area contributed by atoms with Crippen LogP contribution in [0.4, 0.5) is 5.69 Å². The second kappa shape index (κ2) is 7.51. The molecule has 0 spiro atoms. The van der Waals surface area contributed by atoms with Crippen LogP contribution in [-0.4, -0.2) is 34.8 Å². The van der Waals surface area contributed by atoms with Crippen molar-refractivity contribution in [3.05, 3.63) is 90.0 Å². The molecule has 0 amide bonds. The number of rotatable bonds is 4. The fraction of sp³-hybridized carbons (Fsp3) is 0.182. The fourth-order valence-corrected chi connectivity index (χ4v) is 4.67. The first-order valence-corrected chi connectivity index (χ1v) is 10.3. The van der Waals surface area contributed by atoms with Gasteiger partial charge in [-0.3, -0.25) is 9.66 Å². The number of hydrogen-bond donors (Lipinski definition) is 2. The van der Waals surface area contributed by atoms with E-state index in [-0.39, 0.29) is 17.8 Å². The van der Waals surface area contributed by atoms with Gasteiger partial charge in [-0.2, -0.15) is 0 Å². The lowest BCUT2D eigenvalue weighted by molar-refractivity contribution is 0.472. The average Bonchev–Trinajstić information content (AvgIpc) is 3.47. The highest BCUT2D eigenvalue weighted by molar-refractivity contribution is 7.80. The van der Waals surface area contributed by atoms with Crippen LogP contribution in [0, 0.1) is 13.8 Å². The lowest BCUT2D eigenvalue weighted by atomic mass is 9.96. The second-order valence-corrected chi connectivity index (χ2v) is 7.85. The number of nitrogens with zero attached hydrogens (tertiary/aromatic N) is 6. The van der Waals surface area contributed by atoms with Crippen molar-refractivity contribution in [1.29, 1.82) is 0 Å². The quantitative estimate of drug-likeness (QED) is 0.480. The van der Waals surface area contributed by atoms with E-state index in [1.54, 1.807) is 31.0 Å². The highest BCUT2D eigenvalue weighted by atomic mass is 32.1. The summed E-state index contributed by atoms with van der Waals surface area (Å²) in [6.45, 7) is 4.10. The molecule has 0 saturated carbocycles. The van der Waals surface area contributed by atoms with Gasteiger partial charge in [-0.25, -0.2) is 4.68 Å². The Bertz CT molecular complexity index is 1240. The zero-order valence-electron chi connectivity index (χ0n) is 17.0. The minimum atomic E-state index is -0.216. The molecular weight excluding hydrogens is 410 g/mol. The van der Waals surface area contributed by atoms with Gasteiger partial charge in [-0.1, -0.05) is 18.2 Å². The number of aromatic hydroxyl groups is 1. The van der Waals surface area contributed by atoms with E-state index >= 15 is 0 Å². The lowest BCUT2D eigenvalue weighted by Crippen LogP contribution is -2.29. The van der Waals surface area contributed by atoms with Crippen molar-refractivity contribution in [1.82, 2.24) is 29.9 Å². The summed E-state index contributed by atoms with van der Waals surface area (Å²) in [5, 5.41) is 22.5. The molecule has 3 aromatic heterocycles. The molecule has 0 bridgehead atoms. The summed E-state index contributed by atoms with van der Waals surface area (Å²) in [5.74, 6) is 0.172. The van der Waals surface area contributed by atoms with Crippen LogP contribution < -0.4 is 10.2 Å². The van der Waals surface area contributed by atoms with Gasteiger partial charge in [0.05, 0.1) is 23.5 Å². The largest absolute Gasteiger partial charge is 0.506 e. The Kier molecular flexibility index (Phi) is 4.67. The zero-order chi connectivity index (χ0) is 21.5. The minimum Gasteiger partial charge on any atom is -0.506 e. The first kappa shape index (κ1) is 19.3. The molecule has 4 heterocycles. The van der Waals surface area contributed by atoms with E-state index in [2.05, 4.69) is 38.2 Å². The molecule has 9 heteroatoms. The molecular formula is C22H21N7OS. The molecule has 5 rings (SSSR count). The van der Waals surface area contributed by atoms with E-state index in [0.717, 1.165) is 22.6 Å². The summed E-state index contributed by atoms with van der Waals surface area (Å²) in [4.78, 5) is 6.56. The van der Waals surface area contributed by atoms with Gasteiger partial charge >= 0.3 is 0 Å². The first-order valence-electron chi connectivity index (χ1n) is 9.89. The van der Waals surface area contributed by atoms with E-state index in [0.29, 0.717) is 10.8 Å². The van der Waals surface area contributed by atoms with Gasteiger partial charge in [0.15, 0.2) is 5.11 Å². The molecule has 31 heavy (non-hydrogen) atoms. The summed E-state index contributed by atoms with van der Waals surface area (Å²) in [5.41, 5.74) is 4.65. The van der Waals surface area contributed by atoms with Crippen molar-refractivity contribution >= 4 is 23.0 Å². The van der Waals surface area contributed by atoms with Crippen molar-refractivity contribution in [3.8, 4) is 5.75 Å². The van der Waals surface area contributed by atoms with Gasteiger partial charge in [0, 0.05) is 23.1 Å². The van der Waals surface area contributed by atoms with Gasteiger partial charge in [0.2, 0.25) is 0 Å². The average molecular weight is 432 g/mol. The summed E-state index contributed by atoms with van der Waals surface area (Å²) in [6, 6.07) is 14.8. The number of phenolic OH excluding ortho intramolecular Hbond substituents is 1. The number of anilines is 1. The molecule has 0 radical (unpaired) electrons. The molecule has 0 unspecified atom stereocenters. The highest BCUT2D eigenvalue weighted by Crippen LogP contribution is 2.45. The van der Waals surface area contributed by atoms with Crippen LogP contribution in [0.15, 0.2) is 67.4 Å². The number of hydrogen-bond acceptors (Lipinski definition) is 5. The Morgan fingerprint density at radius 1 is 1.03 bits per heavy atom. The molecule has 156 valence electrons.